The maximum atomic E-state index is 11.6. The fourth-order valence-electron chi connectivity index (χ4n) is 1.33. The lowest BCUT2D eigenvalue weighted by Gasteiger charge is -2.16. The molecule has 19 heavy (non-hydrogen) atoms. The molecule has 106 valence electrons. The van der Waals surface area contributed by atoms with Crippen LogP contribution in [0.5, 0.6) is 11.5 Å². The fraction of sp³-hybridized carbons (Fsp3) is 0.500. The standard InChI is InChI=1S/C14H21NO3S/c1-4-17-11-5-7-12(8-6-11)18-13(16)9-19-10-14(2,3)15/h5-8H,4,9-10,15H2,1-3H3. The van der Waals surface area contributed by atoms with Crippen LogP contribution in [0.4, 0.5) is 0 Å². The molecule has 0 aromatic heterocycles. The van der Waals surface area contributed by atoms with E-state index < -0.39 is 0 Å². The minimum Gasteiger partial charge on any atom is -0.494 e. The third-order valence-corrected chi connectivity index (χ3v) is 3.45. The van der Waals surface area contributed by atoms with Crippen LogP contribution in [0.15, 0.2) is 24.3 Å². The molecule has 0 aliphatic carbocycles. The number of carbonyl (C=O) groups is 1. The first-order chi connectivity index (χ1) is 8.90. The summed E-state index contributed by atoms with van der Waals surface area (Å²) in [6.45, 7) is 6.39. The molecule has 1 aromatic rings. The van der Waals surface area contributed by atoms with Gasteiger partial charge in [0.15, 0.2) is 0 Å². The maximum absolute atomic E-state index is 11.6. The monoisotopic (exact) mass is 283 g/mol. The van der Waals surface area contributed by atoms with Crippen molar-refractivity contribution in [2.45, 2.75) is 26.3 Å². The predicted octanol–water partition coefficient (Wildman–Crippen LogP) is 2.46. The van der Waals surface area contributed by atoms with Crippen LogP contribution in [-0.2, 0) is 4.79 Å². The van der Waals surface area contributed by atoms with Gasteiger partial charge in [0, 0.05) is 11.3 Å². The van der Waals surface area contributed by atoms with Gasteiger partial charge in [0.2, 0.25) is 0 Å². The second kappa shape index (κ2) is 7.40. The van der Waals surface area contributed by atoms with Crippen molar-refractivity contribution in [2.24, 2.45) is 5.73 Å². The first-order valence-electron chi connectivity index (χ1n) is 6.21. The Morgan fingerprint density at radius 2 is 1.84 bits per heavy atom. The average Bonchev–Trinajstić information content (AvgIpc) is 2.30. The molecule has 1 aromatic carbocycles. The molecule has 0 atom stereocenters. The molecule has 0 saturated heterocycles. The van der Waals surface area contributed by atoms with E-state index in [0.29, 0.717) is 23.9 Å². The van der Waals surface area contributed by atoms with Crippen LogP contribution in [0.25, 0.3) is 0 Å². The summed E-state index contributed by atoms with van der Waals surface area (Å²) < 4.78 is 10.5. The van der Waals surface area contributed by atoms with Crippen molar-refractivity contribution in [3.05, 3.63) is 24.3 Å². The van der Waals surface area contributed by atoms with Crippen molar-refractivity contribution < 1.29 is 14.3 Å². The zero-order valence-corrected chi connectivity index (χ0v) is 12.5. The Morgan fingerprint density at radius 3 is 2.37 bits per heavy atom. The van der Waals surface area contributed by atoms with Crippen LogP contribution in [0.2, 0.25) is 0 Å². The zero-order chi connectivity index (χ0) is 14.3. The van der Waals surface area contributed by atoms with E-state index in [1.165, 1.54) is 11.8 Å². The van der Waals surface area contributed by atoms with Crippen molar-refractivity contribution in [1.29, 1.82) is 0 Å². The fourth-order valence-corrected chi connectivity index (χ4v) is 2.18. The molecule has 0 aliphatic rings. The highest BCUT2D eigenvalue weighted by molar-refractivity contribution is 8.00. The first-order valence-corrected chi connectivity index (χ1v) is 7.36. The van der Waals surface area contributed by atoms with Gasteiger partial charge in [-0.25, -0.2) is 0 Å². The van der Waals surface area contributed by atoms with Gasteiger partial charge in [-0.1, -0.05) is 0 Å². The molecule has 0 radical (unpaired) electrons. The molecule has 0 amide bonds. The molecule has 0 spiro atoms. The van der Waals surface area contributed by atoms with Crippen molar-refractivity contribution in [3.8, 4) is 11.5 Å². The number of thioether (sulfide) groups is 1. The highest BCUT2D eigenvalue weighted by Crippen LogP contribution is 2.18. The lowest BCUT2D eigenvalue weighted by atomic mass is 10.1. The number of esters is 1. The minimum atomic E-state index is -0.274. The number of ether oxygens (including phenoxy) is 2. The van der Waals surface area contributed by atoms with E-state index in [0.717, 1.165) is 5.75 Å². The Kier molecular flexibility index (Phi) is 6.18. The van der Waals surface area contributed by atoms with E-state index in [1.54, 1.807) is 24.3 Å². The Bertz CT molecular complexity index is 398. The molecule has 0 fully saturated rings. The molecule has 5 heteroatoms. The van der Waals surface area contributed by atoms with Gasteiger partial charge in [-0.3, -0.25) is 4.79 Å². The van der Waals surface area contributed by atoms with Crippen molar-refractivity contribution in [1.82, 2.24) is 0 Å². The summed E-state index contributed by atoms with van der Waals surface area (Å²) in [7, 11) is 0. The van der Waals surface area contributed by atoms with Crippen LogP contribution >= 0.6 is 11.8 Å². The van der Waals surface area contributed by atoms with E-state index in [9.17, 15) is 4.79 Å². The number of carbonyl (C=O) groups excluding carboxylic acids is 1. The number of benzene rings is 1. The number of rotatable bonds is 7. The van der Waals surface area contributed by atoms with Crippen molar-refractivity contribution in [3.63, 3.8) is 0 Å². The van der Waals surface area contributed by atoms with Crippen LogP contribution < -0.4 is 15.2 Å². The Labute approximate surface area is 118 Å². The molecule has 2 N–H and O–H groups in total. The maximum Gasteiger partial charge on any atom is 0.321 e. The second-order valence-corrected chi connectivity index (χ2v) is 5.85. The van der Waals surface area contributed by atoms with Gasteiger partial charge in [-0.2, -0.15) is 0 Å². The van der Waals surface area contributed by atoms with Crippen LogP contribution in [0.3, 0.4) is 0 Å². The molecule has 0 aliphatic heterocycles. The van der Waals surface area contributed by atoms with Crippen LogP contribution in [-0.4, -0.2) is 29.6 Å². The summed E-state index contributed by atoms with van der Waals surface area (Å²) in [4.78, 5) is 11.6. The summed E-state index contributed by atoms with van der Waals surface area (Å²) in [5.74, 6) is 2.04. The normalized spacial score (nSPS) is 11.2. The summed E-state index contributed by atoms with van der Waals surface area (Å²) in [5.41, 5.74) is 5.56. The molecular formula is C14H21NO3S. The number of hydrogen-bond acceptors (Lipinski definition) is 5. The summed E-state index contributed by atoms with van der Waals surface area (Å²) in [5, 5.41) is 0. The van der Waals surface area contributed by atoms with Gasteiger partial charge < -0.3 is 15.2 Å². The number of nitrogens with two attached hydrogens (primary N) is 1. The lowest BCUT2D eigenvalue weighted by molar-refractivity contribution is -0.131. The van der Waals surface area contributed by atoms with E-state index >= 15 is 0 Å². The first kappa shape index (κ1) is 15.9. The Balaban J connectivity index is 2.35. The van der Waals surface area contributed by atoms with Crippen molar-refractivity contribution in [2.75, 3.05) is 18.1 Å². The van der Waals surface area contributed by atoms with Crippen LogP contribution in [0.1, 0.15) is 20.8 Å². The highest BCUT2D eigenvalue weighted by atomic mass is 32.2. The van der Waals surface area contributed by atoms with Gasteiger partial charge in [-0.15, -0.1) is 11.8 Å². The molecule has 1 rings (SSSR count). The molecule has 0 saturated carbocycles. The van der Waals surface area contributed by atoms with E-state index in [4.69, 9.17) is 15.2 Å². The summed E-state index contributed by atoms with van der Waals surface area (Å²) >= 11 is 1.47. The molecule has 0 unspecified atom stereocenters. The van der Waals surface area contributed by atoms with E-state index in [2.05, 4.69) is 0 Å². The third-order valence-electron chi connectivity index (χ3n) is 2.06. The van der Waals surface area contributed by atoms with E-state index in [1.807, 2.05) is 20.8 Å². The largest absolute Gasteiger partial charge is 0.494 e. The third kappa shape index (κ3) is 7.08. The predicted molar refractivity (Wildman–Crippen MR) is 78.8 cm³/mol. The van der Waals surface area contributed by atoms with Crippen molar-refractivity contribution >= 4 is 17.7 Å². The zero-order valence-electron chi connectivity index (χ0n) is 11.6. The summed E-state index contributed by atoms with van der Waals surface area (Å²) in [6, 6.07) is 7.01. The van der Waals surface area contributed by atoms with Gasteiger partial charge in [0.25, 0.3) is 0 Å². The van der Waals surface area contributed by atoms with Gasteiger partial charge >= 0.3 is 5.97 Å². The van der Waals surface area contributed by atoms with Gasteiger partial charge in [0.05, 0.1) is 12.4 Å². The molecule has 0 bridgehead atoms. The summed E-state index contributed by atoms with van der Waals surface area (Å²) in [6.07, 6.45) is 0. The quantitative estimate of drug-likeness (QED) is 0.615. The molecule has 4 nitrogen and oxygen atoms in total. The highest BCUT2D eigenvalue weighted by Gasteiger charge is 2.12. The molecule has 0 heterocycles. The van der Waals surface area contributed by atoms with Gasteiger partial charge in [0.1, 0.15) is 11.5 Å². The second-order valence-electron chi connectivity index (χ2n) is 4.86. The lowest BCUT2D eigenvalue weighted by Crippen LogP contribution is -2.35. The van der Waals surface area contributed by atoms with Gasteiger partial charge in [-0.05, 0) is 45.0 Å². The topological polar surface area (TPSA) is 61.5 Å². The smallest absolute Gasteiger partial charge is 0.321 e. The SMILES string of the molecule is CCOc1ccc(OC(=O)CSCC(C)(C)N)cc1. The minimum absolute atomic E-state index is 0.265. The molecular weight excluding hydrogens is 262 g/mol. The Hall–Kier alpha value is -1.20. The van der Waals surface area contributed by atoms with E-state index in [-0.39, 0.29) is 11.5 Å². The van der Waals surface area contributed by atoms with Crippen LogP contribution in [0, 0.1) is 0 Å². The number of hydrogen-bond donors (Lipinski definition) is 1. The Morgan fingerprint density at radius 1 is 1.26 bits per heavy atom. The average molecular weight is 283 g/mol.